The molecule has 4 rings (SSSR count). The van der Waals surface area contributed by atoms with Crippen molar-refractivity contribution in [2.75, 3.05) is 0 Å². The van der Waals surface area contributed by atoms with Crippen molar-refractivity contribution in [2.24, 2.45) is 7.05 Å². The molecule has 0 fully saturated rings. The van der Waals surface area contributed by atoms with Crippen LogP contribution >= 0.6 is 11.8 Å². The molecule has 0 atom stereocenters. The van der Waals surface area contributed by atoms with E-state index < -0.39 is 0 Å². The Balaban J connectivity index is 1.62. The van der Waals surface area contributed by atoms with Crippen molar-refractivity contribution in [3.63, 3.8) is 0 Å². The first-order valence-corrected chi connectivity index (χ1v) is 9.73. The summed E-state index contributed by atoms with van der Waals surface area (Å²) in [5, 5.41) is 10.2. The highest BCUT2D eigenvalue weighted by Crippen LogP contribution is 2.25. The highest BCUT2D eigenvalue weighted by atomic mass is 32.2. The third-order valence-corrected chi connectivity index (χ3v) is 5.75. The molecule has 0 saturated carbocycles. The van der Waals surface area contributed by atoms with Crippen LogP contribution in [0.15, 0.2) is 58.5 Å². The van der Waals surface area contributed by atoms with E-state index in [0.29, 0.717) is 5.75 Å². The van der Waals surface area contributed by atoms with Crippen LogP contribution < -0.4 is 5.43 Å². The fourth-order valence-electron chi connectivity index (χ4n) is 3.22. The summed E-state index contributed by atoms with van der Waals surface area (Å²) in [5.41, 5.74) is 4.96. The van der Waals surface area contributed by atoms with Gasteiger partial charge in [0.05, 0.1) is 5.52 Å². The third kappa shape index (κ3) is 3.28. The molecular formula is C21H20N4OS. The van der Waals surface area contributed by atoms with Crippen molar-refractivity contribution in [1.82, 2.24) is 19.7 Å². The minimum absolute atomic E-state index is 0.0588. The number of hydrogen-bond donors (Lipinski definition) is 1. The highest BCUT2D eigenvalue weighted by molar-refractivity contribution is 7.98. The predicted molar refractivity (Wildman–Crippen MR) is 110 cm³/mol. The van der Waals surface area contributed by atoms with Gasteiger partial charge in [-0.25, -0.2) is 0 Å². The Hall–Kier alpha value is -2.86. The Bertz CT molecular complexity index is 1180. The number of fused-ring (bicyclic) bond motifs is 1. The van der Waals surface area contributed by atoms with Gasteiger partial charge in [0.2, 0.25) is 0 Å². The van der Waals surface area contributed by atoms with Crippen LogP contribution in [0.2, 0.25) is 0 Å². The first kappa shape index (κ1) is 17.5. The van der Waals surface area contributed by atoms with Crippen molar-refractivity contribution in [1.29, 1.82) is 0 Å². The van der Waals surface area contributed by atoms with Gasteiger partial charge in [-0.2, -0.15) is 0 Å². The normalized spacial score (nSPS) is 11.2. The summed E-state index contributed by atoms with van der Waals surface area (Å²) in [4.78, 5) is 16.0. The van der Waals surface area contributed by atoms with E-state index in [9.17, 15) is 4.79 Å². The van der Waals surface area contributed by atoms with Gasteiger partial charge in [0.25, 0.3) is 0 Å². The zero-order chi connectivity index (χ0) is 19.0. The topological polar surface area (TPSA) is 63.6 Å². The number of benzene rings is 2. The fourth-order valence-corrected chi connectivity index (χ4v) is 4.03. The van der Waals surface area contributed by atoms with E-state index in [4.69, 9.17) is 0 Å². The molecule has 6 heteroatoms. The van der Waals surface area contributed by atoms with Crippen LogP contribution in [-0.2, 0) is 12.8 Å². The maximum atomic E-state index is 12.6. The van der Waals surface area contributed by atoms with E-state index >= 15 is 0 Å². The third-order valence-electron chi connectivity index (χ3n) is 4.68. The molecular weight excluding hydrogens is 356 g/mol. The minimum atomic E-state index is 0.0588. The summed E-state index contributed by atoms with van der Waals surface area (Å²) in [7, 11) is 1.96. The van der Waals surface area contributed by atoms with Gasteiger partial charge in [0.1, 0.15) is 0 Å². The molecule has 136 valence electrons. The molecule has 0 aliphatic rings. The second kappa shape index (κ2) is 7.04. The van der Waals surface area contributed by atoms with Crippen LogP contribution in [0.3, 0.4) is 0 Å². The molecule has 2 aromatic carbocycles. The molecule has 2 aromatic heterocycles. The number of aromatic nitrogens is 4. The van der Waals surface area contributed by atoms with E-state index in [1.165, 1.54) is 0 Å². The molecule has 2 heterocycles. The quantitative estimate of drug-likeness (QED) is 0.541. The smallest absolute Gasteiger partial charge is 0.191 e. The average Bonchev–Trinajstić information content (AvgIpc) is 3.04. The largest absolute Gasteiger partial charge is 0.357 e. The number of thioether (sulfide) groups is 1. The van der Waals surface area contributed by atoms with Gasteiger partial charge in [-0.15, -0.1) is 10.2 Å². The van der Waals surface area contributed by atoms with Crippen molar-refractivity contribution in [3.8, 4) is 11.4 Å². The van der Waals surface area contributed by atoms with Crippen LogP contribution in [-0.4, -0.2) is 19.7 Å². The average molecular weight is 376 g/mol. The number of aryl methyl sites for hydroxylation is 2. The summed E-state index contributed by atoms with van der Waals surface area (Å²) in [5.74, 6) is 1.45. The molecule has 0 bridgehead atoms. The summed E-state index contributed by atoms with van der Waals surface area (Å²) >= 11 is 1.56. The molecule has 0 amide bonds. The Morgan fingerprint density at radius 1 is 1.04 bits per heavy atom. The predicted octanol–water partition coefficient (Wildman–Crippen LogP) is 4.23. The van der Waals surface area contributed by atoms with Gasteiger partial charge in [-0.1, -0.05) is 54.2 Å². The number of nitrogens with zero attached hydrogens (tertiary/aromatic N) is 3. The first-order chi connectivity index (χ1) is 13.0. The number of nitrogens with one attached hydrogen (secondary N) is 1. The molecule has 5 nitrogen and oxygen atoms in total. The van der Waals surface area contributed by atoms with Gasteiger partial charge < -0.3 is 9.55 Å². The zero-order valence-electron chi connectivity index (χ0n) is 15.5. The van der Waals surface area contributed by atoms with Crippen LogP contribution in [0.4, 0.5) is 0 Å². The molecule has 0 aliphatic carbocycles. The van der Waals surface area contributed by atoms with E-state index in [0.717, 1.165) is 44.3 Å². The number of H-pyrrole nitrogens is 1. The van der Waals surface area contributed by atoms with E-state index in [1.54, 1.807) is 17.8 Å². The lowest BCUT2D eigenvalue weighted by atomic mass is 10.0. The van der Waals surface area contributed by atoms with Crippen LogP contribution in [0.25, 0.3) is 22.3 Å². The molecule has 0 spiro atoms. The van der Waals surface area contributed by atoms with Crippen molar-refractivity contribution < 1.29 is 0 Å². The Morgan fingerprint density at radius 3 is 2.56 bits per heavy atom. The fraction of sp³-hybridized carbons (Fsp3) is 0.190. The van der Waals surface area contributed by atoms with Crippen molar-refractivity contribution in [2.45, 2.75) is 24.8 Å². The second-order valence-electron chi connectivity index (χ2n) is 6.63. The lowest BCUT2D eigenvalue weighted by Gasteiger charge is -2.09. The Kier molecular flexibility index (Phi) is 4.58. The number of hydrogen-bond acceptors (Lipinski definition) is 4. The molecule has 4 aromatic rings. The molecule has 0 saturated heterocycles. The number of aromatic amines is 1. The van der Waals surface area contributed by atoms with Gasteiger partial charge in [0.15, 0.2) is 16.4 Å². The summed E-state index contributed by atoms with van der Waals surface area (Å²) in [6.07, 6.45) is 0. The van der Waals surface area contributed by atoms with Crippen LogP contribution in [0, 0.1) is 13.8 Å². The van der Waals surface area contributed by atoms with Crippen LogP contribution in [0.1, 0.15) is 16.8 Å². The summed E-state index contributed by atoms with van der Waals surface area (Å²) in [6.45, 7) is 3.99. The standard InChI is InChI=1S/C21H20N4OS/c1-13-9-10-14(2)19-18(13)17(26)11-16(22-19)12-27-21-24-23-20(25(21)3)15-7-5-4-6-8-15/h4-11H,12H2,1-3H3,(H,22,26). The van der Waals surface area contributed by atoms with E-state index in [-0.39, 0.29) is 5.43 Å². The lowest BCUT2D eigenvalue weighted by molar-refractivity contribution is 0.793. The lowest BCUT2D eigenvalue weighted by Crippen LogP contribution is -2.07. The first-order valence-electron chi connectivity index (χ1n) is 8.74. The number of rotatable bonds is 4. The molecule has 0 radical (unpaired) electrons. The summed E-state index contributed by atoms with van der Waals surface area (Å²) in [6, 6.07) is 15.7. The van der Waals surface area contributed by atoms with Crippen molar-refractivity contribution >= 4 is 22.7 Å². The van der Waals surface area contributed by atoms with Gasteiger partial charge in [0, 0.05) is 35.5 Å². The summed E-state index contributed by atoms with van der Waals surface area (Å²) < 4.78 is 1.98. The monoisotopic (exact) mass is 376 g/mol. The number of pyridine rings is 1. The van der Waals surface area contributed by atoms with E-state index in [1.807, 2.05) is 67.9 Å². The van der Waals surface area contributed by atoms with Gasteiger partial charge in [-0.05, 0) is 25.0 Å². The molecule has 1 N–H and O–H groups in total. The molecule has 0 aliphatic heterocycles. The molecule has 0 unspecified atom stereocenters. The van der Waals surface area contributed by atoms with Crippen molar-refractivity contribution in [3.05, 3.63) is 75.6 Å². The second-order valence-corrected chi connectivity index (χ2v) is 7.57. The SMILES string of the molecule is Cc1ccc(C)c2c(=O)cc(CSc3nnc(-c4ccccc4)n3C)[nH]c12. The van der Waals surface area contributed by atoms with E-state index in [2.05, 4.69) is 15.2 Å². The zero-order valence-corrected chi connectivity index (χ0v) is 16.3. The maximum absolute atomic E-state index is 12.6. The van der Waals surface area contributed by atoms with Crippen LogP contribution in [0.5, 0.6) is 0 Å². The Labute approximate surface area is 161 Å². The minimum Gasteiger partial charge on any atom is -0.357 e. The maximum Gasteiger partial charge on any atom is 0.191 e. The Morgan fingerprint density at radius 2 is 1.78 bits per heavy atom. The highest BCUT2D eigenvalue weighted by Gasteiger charge is 2.12. The van der Waals surface area contributed by atoms with Gasteiger partial charge >= 0.3 is 0 Å². The molecule has 27 heavy (non-hydrogen) atoms. The van der Waals surface area contributed by atoms with Gasteiger partial charge in [-0.3, -0.25) is 4.79 Å².